The molecular formula is C12H27N3. The highest BCUT2D eigenvalue weighted by molar-refractivity contribution is 4.68. The summed E-state index contributed by atoms with van der Waals surface area (Å²) in [6.45, 7) is 11.0. The van der Waals surface area contributed by atoms with Gasteiger partial charge in [-0.15, -0.1) is 0 Å². The van der Waals surface area contributed by atoms with Gasteiger partial charge >= 0.3 is 0 Å². The first-order valence-electron chi connectivity index (χ1n) is 6.46. The van der Waals surface area contributed by atoms with Crippen molar-refractivity contribution in [1.29, 1.82) is 0 Å². The second kappa shape index (κ2) is 8.08. The van der Waals surface area contributed by atoms with E-state index in [9.17, 15) is 0 Å². The Hall–Kier alpha value is -0.120. The SMILES string of the molecule is CCCN(CCNC)CCN1CCCC1. The van der Waals surface area contributed by atoms with E-state index >= 15 is 0 Å². The summed E-state index contributed by atoms with van der Waals surface area (Å²) < 4.78 is 0. The summed E-state index contributed by atoms with van der Waals surface area (Å²) in [6.07, 6.45) is 4.08. The van der Waals surface area contributed by atoms with E-state index in [4.69, 9.17) is 0 Å². The van der Waals surface area contributed by atoms with Gasteiger partial charge in [0.25, 0.3) is 0 Å². The highest BCUT2D eigenvalue weighted by Gasteiger charge is 2.12. The van der Waals surface area contributed by atoms with Crippen molar-refractivity contribution >= 4 is 0 Å². The van der Waals surface area contributed by atoms with Crippen LogP contribution in [-0.4, -0.2) is 62.7 Å². The molecule has 3 heteroatoms. The Labute approximate surface area is 94.8 Å². The Bertz CT molecular complexity index is 144. The van der Waals surface area contributed by atoms with Crippen molar-refractivity contribution in [3.8, 4) is 0 Å². The monoisotopic (exact) mass is 213 g/mol. The molecule has 90 valence electrons. The summed E-state index contributed by atoms with van der Waals surface area (Å²) in [4.78, 5) is 5.18. The van der Waals surface area contributed by atoms with Crippen molar-refractivity contribution in [3.63, 3.8) is 0 Å². The van der Waals surface area contributed by atoms with Crippen LogP contribution in [0.15, 0.2) is 0 Å². The van der Waals surface area contributed by atoms with E-state index in [1.165, 1.54) is 58.5 Å². The largest absolute Gasteiger partial charge is 0.318 e. The number of rotatable bonds is 8. The molecule has 0 spiro atoms. The molecule has 0 radical (unpaired) electrons. The summed E-state index contributed by atoms with van der Waals surface area (Å²) in [7, 11) is 2.03. The first-order valence-corrected chi connectivity index (χ1v) is 6.46. The molecule has 0 bridgehead atoms. The van der Waals surface area contributed by atoms with Crippen molar-refractivity contribution in [3.05, 3.63) is 0 Å². The molecule has 1 aliphatic heterocycles. The smallest absolute Gasteiger partial charge is 0.0110 e. The molecule has 3 nitrogen and oxygen atoms in total. The minimum atomic E-state index is 1.11. The van der Waals surface area contributed by atoms with E-state index in [2.05, 4.69) is 22.0 Å². The van der Waals surface area contributed by atoms with Crippen LogP contribution in [-0.2, 0) is 0 Å². The van der Waals surface area contributed by atoms with Crippen molar-refractivity contribution in [1.82, 2.24) is 15.1 Å². The van der Waals surface area contributed by atoms with Gasteiger partial charge in [-0.1, -0.05) is 6.92 Å². The summed E-state index contributed by atoms with van der Waals surface area (Å²) in [5.41, 5.74) is 0. The van der Waals surface area contributed by atoms with Gasteiger partial charge in [-0.2, -0.15) is 0 Å². The zero-order valence-electron chi connectivity index (χ0n) is 10.5. The van der Waals surface area contributed by atoms with Crippen LogP contribution in [0.3, 0.4) is 0 Å². The predicted molar refractivity (Wildman–Crippen MR) is 66.3 cm³/mol. The number of nitrogens with one attached hydrogen (secondary N) is 1. The van der Waals surface area contributed by atoms with Gasteiger partial charge in [0.1, 0.15) is 0 Å². The molecular weight excluding hydrogens is 186 g/mol. The van der Waals surface area contributed by atoms with E-state index in [-0.39, 0.29) is 0 Å². The van der Waals surface area contributed by atoms with E-state index < -0.39 is 0 Å². The highest BCUT2D eigenvalue weighted by atomic mass is 15.2. The first kappa shape index (κ1) is 12.9. The molecule has 0 aliphatic carbocycles. The van der Waals surface area contributed by atoms with Gasteiger partial charge in [-0.3, -0.25) is 0 Å². The molecule has 1 aliphatic rings. The van der Waals surface area contributed by atoms with Crippen LogP contribution in [0.1, 0.15) is 26.2 Å². The molecule has 1 saturated heterocycles. The van der Waals surface area contributed by atoms with Crippen LogP contribution < -0.4 is 5.32 Å². The third kappa shape index (κ3) is 5.50. The van der Waals surface area contributed by atoms with Crippen molar-refractivity contribution in [2.24, 2.45) is 0 Å². The van der Waals surface area contributed by atoms with E-state index in [1.807, 2.05) is 7.05 Å². The Morgan fingerprint density at radius 2 is 1.87 bits per heavy atom. The average molecular weight is 213 g/mol. The van der Waals surface area contributed by atoms with Crippen LogP contribution >= 0.6 is 0 Å². The fourth-order valence-electron chi connectivity index (χ4n) is 2.21. The Balaban J connectivity index is 2.11. The van der Waals surface area contributed by atoms with Gasteiger partial charge in [0.05, 0.1) is 0 Å². The van der Waals surface area contributed by atoms with Crippen molar-refractivity contribution in [2.75, 3.05) is 52.9 Å². The standard InChI is InChI=1S/C12H27N3/c1-3-7-14(10-6-13-2)11-12-15-8-4-5-9-15/h13H,3-12H2,1-2H3. The Morgan fingerprint density at radius 1 is 1.13 bits per heavy atom. The maximum absolute atomic E-state index is 3.23. The number of hydrogen-bond donors (Lipinski definition) is 1. The molecule has 1 fully saturated rings. The van der Waals surface area contributed by atoms with E-state index in [1.54, 1.807) is 0 Å². The number of likely N-dealkylation sites (tertiary alicyclic amines) is 1. The normalized spacial score (nSPS) is 17.8. The van der Waals surface area contributed by atoms with Crippen LogP contribution in [0.4, 0.5) is 0 Å². The minimum Gasteiger partial charge on any atom is -0.318 e. The molecule has 15 heavy (non-hydrogen) atoms. The van der Waals surface area contributed by atoms with Crippen LogP contribution in [0.5, 0.6) is 0 Å². The van der Waals surface area contributed by atoms with Crippen LogP contribution in [0.2, 0.25) is 0 Å². The van der Waals surface area contributed by atoms with Gasteiger partial charge in [0.2, 0.25) is 0 Å². The lowest BCUT2D eigenvalue weighted by Gasteiger charge is -2.24. The lowest BCUT2D eigenvalue weighted by atomic mass is 10.3. The molecule has 0 amide bonds. The summed E-state index contributed by atoms with van der Waals surface area (Å²) in [5.74, 6) is 0. The summed E-state index contributed by atoms with van der Waals surface area (Å²) in [6, 6.07) is 0. The van der Waals surface area contributed by atoms with Crippen LogP contribution in [0.25, 0.3) is 0 Å². The number of hydrogen-bond acceptors (Lipinski definition) is 3. The Morgan fingerprint density at radius 3 is 2.47 bits per heavy atom. The topological polar surface area (TPSA) is 18.5 Å². The molecule has 1 N–H and O–H groups in total. The fourth-order valence-corrected chi connectivity index (χ4v) is 2.21. The lowest BCUT2D eigenvalue weighted by molar-refractivity contribution is 0.226. The molecule has 0 aromatic heterocycles. The zero-order valence-corrected chi connectivity index (χ0v) is 10.5. The third-order valence-electron chi connectivity index (χ3n) is 3.15. The molecule has 0 aromatic carbocycles. The number of likely N-dealkylation sites (N-methyl/N-ethyl adjacent to an activating group) is 1. The molecule has 1 rings (SSSR count). The van der Waals surface area contributed by atoms with Crippen molar-refractivity contribution in [2.45, 2.75) is 26.2 Å². The second-order valence-corrected chi connectivity index (χ2v) is 4.49. The first-order chi connectivity index (χ1) is 7.36. The van der Waals surface area contributed by atoms with Crippen molar-refractivity contribution < 1.29 is 0 Å². The quantitative estimate of drug-likeness (QED) is 0.649. The summed E-state index contributed by atoms with van der Waals surface area (Å²) >= 11 is 0. The minimum absolute atomic E-state index is 1.11. The van der Waals surface area contributed by atoms with Gasteiger partial charge < -0.3 is 15.1 Å². The molecule has 0 saturated carbocycles. The maximum atomic E-state index is 3.23. The third-order valence-corrected chi connectivity index (χ3v) is 3.15. The fraction of sp³-hybridized carbons (Fsp3) is 1.00. The zero-order chi connectivity index (χ0) is 10.9. The molecule has 0 atom stereocenters. The Kier molecular flexibility index (Phi) is 6.98. The van der Waals surface area contributed by atoms with Crippen LogP contribution in [0, 0.1) is 0 Å². The van der Waals surface area contributed by atoms with Gasteiger partial charge in [-0.05, 0) is 45.9 Å². The molecule has 0 unspecified atom stereocenters. The van der Waals surface area contributed by atoms with Gasteiger partial charge in [-0.25, -0.2) is 0 Å². The molecule has 1 heterocycles. The average Bonchev–Trinajstić information content (AvgIpc) is 2.75. The maximum Gasteiger partial charge on any atom is 0.0110 e. The van der Waals surface area contributed by atoms with Gasteiger partial charge in [0.15, 0.2) is 0 Å². The van der Waals surface area contributed by atoms with Gasteiger partial charge in [0, 0.05) is 26.2 Å². The second-order valence-electron chi connectivity index (χ2n) is 4.49. The highest BCUT2D eigenvalue weighted by Crippen LogP contribution is 2.06. The molecule has 0 aromatic rings. The lowest BCUT2D eigenvalue weighted by Crippen LogP contribution is -2.37. The predicted octanol–water partition coefficient (Wildman–Crippen LogP) is 1.01. The van der Waals surface area contributed by atoms with E-state index in [0.717, 1.165) is 6.54 Å². The summed E-state index contributed by atoms with van der Waals surface area (Å²) in [5, 5.41) is 3.23. The number of nitrogens with zero attached hydrogens (tertiary/aromatic N) is 2. The van der Waals surface area contributed by atoms with E-state index in [0.29, 0.717) is 0 Å².